The van der Waals surface area contributed by atoms with Crippen LogP contribution in [0.3, 0.4) is 0 Å². The highest BCUT2D eigenvalue weighted by Gasteiger charge is 2.31. The van der Waals surface area contributed by atoms with Crippen LogP contribution in [-0.2, 0) is 0 Å². The minimum absolute atomic E-state index is 0.0634. The lowest BCUT2D eigenvalue weighted by Gasteiger charge is -2.26. The monoisotopic (exact) mass is 391 g/mol. The number of likely N-dealkylation sites (tertiary alicyclic amines) is 1. The normalized spacial score (nSPS) is 21.9. The maximum atomic E-state index is 12.8. The van der Waals surface area contributed by atoms with Crippen LogP contribution < -0.4 is 5.56 Å². The second-order valence-electron chi connectivity index (χ2n) is 8.53. The first-order chi connectivity index (χ1) is 14.2. The maximum absolute atomic E-state index is 12.8. The van der Waals surface area contributed by atoms with Crippen molar-refractivity contribution >= 4 is 11.0 Å². The molecule has 3 aromatic rings. The fourth-order valence-corrected chi connectivity index (χ4v) is 5.22. The molecule has 1 aliphatic heterocycles. The van der Waals surface area contributed by atoms with Gasteiger partial charge >= 0.3 is 0 Å². The van der Waals surface area contributed by atoms with Gasteiger partial charge in [-0.1, -0.05) is 50.1 Å². The number of hydrogen-bond acceptors (Lipinski definition) is 4. The summed E-state index contributed by atoms with van der Waals surface area (Å²) in [5, 5.41) is 5.14. The lowest BCUT2D eigenvalue weighted by molar-refractivity contribution is 0.227. The van der Waals surface area contributed by atoms with Crippen molar-refractivity contribution in [3.63, 3.8) is 0 Å². The van der Waals surface area contributed by atoms with E-state index in [1.54, 1.807) is 6.20 Å². The van der Waals surface area contributed by atoms with E-state index in [9.17, 15) is 4.79 Å². The van der Waals surface area contributed by atoms with Gasteiger partial charge in [-0.3, -0.25) is 9.69 Å². The van der Waals surface area contributed by atoms with Crippen molar-refractivity contribution in [3.8, 4) is 0 Å². The largest absolute Gasteiger partial charge is 0.309 e. The summed E-state index contributed by atoms with van der Waals surface area (Å²) in [7, 11) is 0. The van der Waals surface area contributed by atoms with Crippen molar-refractivity contribution < 1.29 is 0 Å². The molecule has 1 aromatic carbocycles. The van der Waals surface area contributed by atoms with Gasteiger partial charge in [-0.15, -0.1) is 0 Å². The zero-order valence-electron chi connectivity index (χ0n) is 17.1. The summed E-state index contributed by atoms with van der Waals surface area (Å²) in [6.45, 7) is 4.22. The topological polar surface area (TPSA) is 66.8 Å². The number of nitrogens with zero attached hydrogens (tertiary/aromatic N) is 4. The average Bonchev–Trinajstić information content (AvgIpc) is 3.50. The van der Waals surface area contributed by atoms with E-state index in [0.717, 1.165) is 50.2 Å². The molecule has 0 unspecified atom stereocenters. The molecule has 1 N–H and O–H groups in total. The third kappa shape index (κ3) is 3.39. The van der Waals surface area contributed by atoms with E-state index in [0.29, 0.717) is 17.3 Å². The molecule has 0 amide bonds. The Kier molecular flexibility index (Phi) is 4.96. The number of H-pyrrole nitrogens is 1. The van der Waals surface area contributed by atoms with E-state index in [-0.39, 0.29) is 11.6 Å². The number of hydrogen-bond donors (Lipinski definition) is 1. The van der Waals surface area contributed by atoms with E-state index < -0.39 is 0 Å². The second kappa shape index (κ2) is 7.75. The summed E-state index contributed by atoms with van der Waals surface area (Å²) in [6, 6.07) is 11.3. The Morgan fingerprint density at radius 1 is 1.17 bits per heavy atom. The minimum Gasteiger partial charge on any atom is -0.309 e. The predicted molar refractivity (Wildman–Crippen MR) is 114 cm³/mol. The molecule has 2 aliphatic rings. The van der Waals surface area contributed by atoms with Crippen LogP contribution in [0.15, 0.2) is 41.3 Å². The first kappa shape index (κ1) is 18.6. The Morgan fingerprint density at radius 2 is 1.97 bits per heavy atom. The van der Waals surface area contributed by atoms with Crippen molar-refractivity contribution in [2.45, 2.75) is 63.5 Å². The Hall–Kier alpha value is -2.47. The van der Waals surface area contributed by atoms with Gasteiger partial charge in [0.1, 0.15) is 11.2 Å². The van der Waals surface area contributed by atoms with Crippen LogP contribution in [0.4, 0.5) is 0 Å². The third-order valence-corrected chi connectivity index (χ3v) is 6.79. The highest BCUT2D eigenvalue weighted by atomic mass is 16.1. The van der Waals surface area contributed by atoms with E-state index in [1.807, 2.05) is 4.68 Å². The molecule has 0 spiro atoms. The first-order valence-corrected chi connectivity index (χ1v) is 11.0. The van der Waals surface area contributed by atoms with Gasteiger partial charge < -0.3 is 4.98 Å². The van der Waals surface area contributed by atoms with Crippen LogP contribution in [0.2, 0.25) is 0 Å². The highest BCUT2D eigenvalue weighted by molar-refractivity contribution is 5.73. The quantitative estimate of drug-likeness (QED) is 0.709. The molecule has 6 heteroatoms. The van der Waals surface area contributed by atoms with Crippen LogP contribution in [0.5, 0.6) is 0 Å². The van der Waals surface area contributed by atoms with Crippen LogP contribution in [-0.4, -0.2) is 37.7 Å². The first-order valence-electron chi connectivity index (χ1n) is 11.0. The molecule has 0 bridgehead atoms. The summed E-state index contributed by atoms with van der Waals surface area (Å²) in [4.78, 5) is 23.3. The fourth-order valence-electron chi connectivity index (χ4n) is 5.22. The molecule has 1 aliphatic carbocycles. The summed E-state index contributed by atoms with van der Waals surface area (Å²) in [6.07, 6.45) is 8.47. The zero-order chi connectivity index (χ0) is 19.8. The Morgan fingerprint density at radius 3 is 2.72 bits per heavy atom. The van der Waals surface area contributed by atoms with Crippen LogP contribution in [0.1, 0.15) is 74.8 Å². The lowest BCUT2D eigenvalue weighted by atomic mass is 9.99. The van der Waals surface area contributed by atoms with Gasteiger partial charge in [-0.25, -0.2) is 9.67 Å². The number of aromatic nitrogens is 4. The summed E-state index contributed by atoms with van der Waals surface area (Å²) in [5.41, 5.74) is 2.10. The molecule has 1 saturated carbocycles. The van der Waals surface area contributed by atoms with Crippen molar-refractivity contribution in [1.82, 2.24) is 24.6 Å². The molecular formula is C23H29N5O. The number of fused-ring (bicyclic) bond motifs is 1. The molecule has 2 aromatic heterocycles. The van der Waals surface area contributed by atoms with Crippen molar-refractivity contribution in [2.24, 2.45) is 0 Å². The molecule has 29 heavy (non-hydrogen) atoms. The second-order valence-corrected chi connectivity index (χ2v) is 8.53. The van der Waals surface area contributed by atoms with Gasteiger partial charge in [0.05, 0.1) is 18.3 Å². The Labute approximate surface area is 171 Å². The SMILES string of the molecule is CC[C@H](c1nc2c(cnn2C2CCCC2)c(=O)[nH]1)N1CC[C@H](c2ccccc2)C1. The predicted octanol–water partition coefficient (Wildman–Crippen LogP) is 4.18. The van der Waals surface area contributed by atoms with Gasteiger partial charge in [0.2, 0.25) is 0 Å². The molecule has 2 fully saturated rings. The van der Waals surface area contributed by atoms with Gasteiger partial charge in [0, 0.05) is 6.54 Å². The Bertz CT molecular complexity index is 1030. The smallest absolute Gasteiger partial charge is 0.262 e. The third-order valence-electron chi connectivity index (χ3n) is 6.79. The summed E-state index contributed by atoms with van der Waals surface area (Å²) >= 11 is 0. The molecular weight excluding hydrogens is 362 g/mol. The van der Waals surface area contributed by atoms with Gasteiger partial charge in [0.15, 0.2) is 5.65 Å². The molecule has 6 nitrogen and oxygen atoms in total. The zero-order valence-corrected chi connectivity index (χ0v) is 17.1. The van der Waals surface area contributed by atoms with Crippen LogP contribution in [0, 0.1) is 0 Å². The highest BCUT2D eigenvalue weighted by Crippen LogP contribution is 2.34. The van der Waals surface area contributed by atoms with E-state index in [2.05, 4.69) is 52.2 Å². The fraction of sp³-hybridized carbons (Fsp3) is 0.522. The van der Waals surface area contributed by atoms with Crippen molar-refractivity contribution in [3.05, 3.63) is 58.3 Å². The standard InChI is InChI=1S/C23H29N5O/c1-2-20(27-13-12-17(15-27)16-8-4-3-5-9-16)21-25-22-19(23(29)26-21)14-24-28(22)18-10-6-7-11-18/h3-5,8-9,14,17-18,20H,2,6-7,10-13,15H2,1H3,(H,25,26,29)/t17-,20+/m0/s1. The molecule has 152 valence electrons. The summed E-state index contributed by atoms with van der Waals surface area (Å²) in [5.74, 6) is 1.34. The van der Waals surface area contributed by atoms with Gasteiger partial charge in [-0.2, -0.15) is 5.10 Å². The molecule has 3 heterocycles. The Balaban J connectivity index is 1.45. The maximum Gasteiger partial charge on any atom is 0.262 e. The average molecular weight is 392 g/mol. The minimum atomic E-state index is -0.0634. The molecule has 1 saturated heterocycles. The summed E-state index contributed by atoms with van der Waals surface area (Å²) < 4.78 is 2.00. The van der Waals surface area contributed by atoms with Gasteiger partial charge in [-0.05, 0) is 43.7 Å². The van der Waals surface area contributed by atoms with Crippen molar-refractivity contribution in [1.29, 1.82) is 0 Å². The van der Waals surface area contributed by atoms with E-state index >= 15 is 0 Å². The number of aromatic amines is 1. The number of nitrogens with one attached hydrogen (secondary N) is 1. The van der Waals surface area contributed by atoms with Crippen molar-refractivity contribution in [2.75, 3.05) is 13.1 Å². The van der Waals surface area contributed by atoms with E-state index in [4.69, 9.17) is 4.98 Å². The number of rotatable bonds is 5. The van der Waals surface area contributed by atoms with Crippen LogP contribution >= 0.6 is 0 Å². The molecule has 2 atom stereocenters. The van der Waals surface area contributed by atoms with E-state index in [1.165, 1.54) is 18.4 Å². The van der Waals surface area contributed by atoms with Crippen LogP contribution in [0.25, 0.3) is 11.0 Å². The molecule has 0 radical (unpaired) electrons. The number of benzene rings is 1. The lowest BCUT2D eigenvalue weighted by Crippen LogP contribution is -2.29. The van der Waals surface area contributed by atoms with Gasteiger partial charge in [0.25, 0.3) is 5.56 Å². The molecule has 5 rings (SSSR count).